The summed E-state index contributed by atoms with van der Waals surface area (Å²) in [7, 11) is 0. The van der Waals surface area contributed by atoms with Crippen LogP contribution in [0.3, 0.4) is 0 Å². The molecule has 1 aliphatic heterocycles. The van der Waals surface area contributed by atoms with E-state index in [9.17, 15) is 9.90 Å². The molecule has 0 bridgehead atoms. The van der Waals surface area contributed by atoms with Gasteiger partial charge in [0.25, 0.3) is 0 Å². The van der Waals surface area contributed by atoms with Gasteiger partial charge in [0.15, 0.2) is 0 Å². The van der Waals surface area contributed by atoms with Crippen molar-refractivity contribution >= 4 is 22.6 Å². The number of carbonyl (C=O) groups is 1. The molecule has 0 aromatic heterocycles. The fourth-order valence-corrected chi connectivity index (χ4v) is 3.90. The molecule has 31 heavy (non-hydrogen) atoms. The first-order valence-corrected chi connectivity index (χ1v) is 10.4. The van der Waals surface area contributed by atoms with Gasteiger partial charge in [0.2, 0.25) is 0 Å². The van der Waals surface area contributed by atoms with Crippen LogP contribution in [0.5, 0.6) is 0 Å². The van der Waals surface area contributed by atoms with Gasteiger partial charge < -0.3 is 14.8 Å². The highest BCUT2D eigenvalue weighted by Gasteiger charge is 2.22. The van der Waals surface area contributed by atoms with Crippen LogP contribution >= 0.6 is 0 Å². The Balaban J connectivity index is 2.30. The van der Waals surface area contributed by atoms with Crippen LogP contribution in [0.25, 0.3) is 33.4 Å². The van der Waals surface area contributed by atoms with E-state index in [1.54, 1.807) is 24.3 Å². The number of nitrogens with one attached hydrogen (secondary N) is 1. The van der Waals surface area contributed by atoms with Crippen LogP contribution in [0.1, 0.15) is 38.1 Å². The molecule has 0 amide bonds. The number of nitrogens with zero attached hydrogens (tertiary/aromatic N) is 1. The third-order valence-corrected chi connectivity index (χ3v) is 5.29. The van der Waals surface area contributed by atoms with E-state index in [2.05, 4.69) is 10.3 Å². The average Bonchev–Trinajstić information content (AvgIpc) is 2.78. The molecule has 1 aliphatic carbocycles. The summed E-state index contributed by atoms with van der Waals surface area (Å²) in [4.78, 5) is 16.6. The zero-order valence-corrected chi connectivity index (χ0v) is 18.1. The zero-order valence-electron chi connectivity index (χ0n) is 20.1. The third kappa shape index (κ3) is 3.67. The third-order valence-electron chi connectivity index (χ3n) is 5.29. The Morgan fingerprint density at radius 1 is 1.13 bits per heavy atom. The monoisotopic (exact) mass is 416 g/mol. The first-order chi connectivity index (χ1) is 15.8. The quantitative estimate of drug-likeness (QED) is 0.399. The van der Waals surface area contributed by atoms with Gasteiger partial charge in [-0.15, -0.1) is 0 Å². The minimum absolute atomic E-state index is 0.132. The van der Waals surface area contributed by atoms with Gasteiger partial charge in [-0.25, -0.2) is 4.79 Å². The Kier molecular flexibility index (Phi) is 4.85. The van der Waals surface area contributed by atoms with E-state index in [-0.39, 0.29) is 23.4 Å². The first-order valence-electron chi connectivity index (χ1n) is 11.4. The number of benzene rings is 3. The predicted molar refractivity (Wildman–Crippen MR) is 125 cm³/mol. The van der Waals surface area contributed by atoms with E-state index in [0.717, 1.165) is 11.1 Å². The first kappa shape index (κ1) is 18.2. The lowest BCUT2D eigenvalue weighted by molar-refractivity contribution is 0.0697. The van der Waals surface area contributed by atoms with Crippen molar-refractivity contribution in [2.45, 2.75) is 27.7 Å². The zero-order chi connectivity index (χ0) is 23.9. The average molecular weight is 417 g/mol. The summed E-state index contributed by atoms with van der Waals surface area (Å²) in [6.07, 6.45) is 0. The molecular weight excluding hydrogens is 388 g/mol. The Morgan fingerprint density at radius 2 is 1.90 bits per heavy atom. The van der Waals surface area contributed by atoms with E-state index in [1.165, 1.54) is 0 Å². The van der Waals surface area contributed by atoms with Crippen molar-refractivity contribution in [3.63, 3.8) is 0 Å². The lowest BCUT2D eigenvalue weighted by Gasteiger charge is -2.19. The maximum absolute atomic E-state index is 12.1. The van der Waals surface area contributed by atoms with Crippen molar-refractivity contribution in [2.75, 3.05) is 18.4 Å². The van der Waals surface area contributed by atoms with Gasteiger partial charge in [-0.3, -0.25) is 4.99 Å². The van der Waals surface area contributed by atoms with Crippen molar-refractivity contribution in [1.29, 1.82) is 0 Å². The van der Waals surface area contributed by atoms with Crippen LogP contribution < -0.4 is 10.7 Å². The largest absolute Gasteiger partial charge is 0.478 e. The van der Waals surface area contributed by atoms with Gasteiger partial charge in [-0.1, -0.05) is 18.2 Å². The van der Waals surface area contributed by atoms with Gasteiger partial charge in [-0.2, -0.15) is 0 Å². The molecule has 2 aromatic carbocycles. The van der Waals surface area contributed by atoms with E-state index in [0.29, 0.717) is 51.8 Å². The standard InChI is InChI=1S/C26H26N2O3/c1-5-27-21-13-23-19(11-15(21)3)25(17-9-7-8-10-18(17)26(29)30)20-12-16(4)22(28-6-2)14-24(20)31-23/h7-14,27H,5-6H2,1-4H3,(H,29,30)/i13D,14D. The molecular formula is C26H26N2O3. The van der Waals surface area contributed by atoms with Gasteiger partial charge in [-0.05, 0) is 62.6 Å². The lowest BCUT2D eigenvalue weighted by Crippen LogP contribution is -2.09. The van der Waals surface area contributed by atoms with E-state index in [1.807, 2.05) is 39.8 Å². The van der Waals surface area contributed by atoms with Gasteiger partial charge in [0.05, 0.1) is 13.7 Å². The summed E-state index contributed by atoms with van der Waals surface area (Å²) in [5.41, 5.74) is 4.57. The van der Waals surface area contributed by atoms with Crippen LogP contribution in [-0.2, 0) is 0 Å². The maximum atomic E-state index is 12.1. The molecule has 0 atom stereocenters. The molecule has 4 rings (SSSR count). The van der Waals surface area contributed by atoms with Crippen LogP contribution in [0.15, 0.2) is 57.9 Å². The van der Waals surface area contributed by atoms with Crippen molar-refractivity contribution in [3.05, 3.63) is 70.5 Å². The van der Waals surface area contributed by atoms with E-state index in [4.69, 9.17) is 7.16 Å². The Labute approximate surface area is 184 Å². The topological polar surface area (TPSA) is 74.8 Å². The number of carboxylic acids is 1. The second-order valence-corrected chi connectivity index (χ2v) is 7.45. The molecule has 1 heterocycles. The number of aryl methyl sites for hydroxylation is 2. The highest BCUT2D eigenvalue weighted by atomic mass is 16.4. The number of aromatic carboxylic acids is 1. The number of rotatable bonds is 5. The van der Waals surface area contributed by atoms with E-state index < -0.39 is 5.97 Å². The molecule has 2 N–H and O–H groups in total. The summed E-state index contributed by atoms with van der Waals surface area (Å²) < 4.78 is 23.9. The van der Waals surface area contributed by atoms with Crippen LogP contribution in [-0.4, -0.2) is 24.2 Å². The molecule has 2 aromatic rings. The number of anilines is 1. The smallest absolute Gasteiger partial charge is 0.336 e. The summed E-state index contributed by atoms with van der Waals surface area (Å²) >= 11 is 0. The molecule has 0 radical (unpaired) electrons. The normalized spacial score (nSPS) is 12.8. The van der Waals surface area contributed by atoms with Gasteiger partial charge >= 0.3 is 5.97 Å². The summed E-state index contributed by atoms with van der Waals surface area (Å²) in [6.45, 7) is 8.83. The van der Waals surface area contributed by atoms with Gasteiger partial charge in [0.1, 0.15) is 11.3 Å². The summed E-state index contributed by atoms with van der Waals surface area (Å²) in [5.74, 6) is -0.754. The molecule has 2 aliphatic rings. The number of carboxylic acid groups (broad SMARTS) is 1. The Morgan fingerprint density at radius 3 is 2.61 bits per heavy atom. The van der Waals surface area contributed by atoms with Gasteiger partial charge in [0, 0.05) is 47.4 Å². The van der Waals surface area contributed by atoms with Crippen molar-refractivity contribution < 1.29 is 17.1 Å². The highest BCUT2D eigenvalue weighted by Crippen LogP contribution is 2.42. The minimum Gasteiger partial charge on any atom is -0.478 e. The van der Waals surface area contributed by atoms with Crippen molar-refractivity contribution in [2.24, 2.45) is 4.99 Å². The number of hydrogen-bond acceptors (Lipinski definition) is 4. The summed E-state index contributed by atoms with van der Waals surface area (Å²) in [6, 6.07) is 10.9. The molecule has 5 heteroatoms. The fourth-order valence-electron chi connectivity index (χ4n) is 3.90. The Bertz CT molecular complexity index is 1440. The van der Waals surface area contributed by atoms with E-state index >= 15 is 0 Å². The molecule has 5 nitrogen and oxygen atoms in total. The highest BCUT2D eigenvalue weighted by molar-refractivity contribution is 6.08. The van der Waals surface area contributed by atoms with Crippen molar-refractivity contribution in [3.8, 4) is 22.5 Å². The second kappa shape index (κ2) is 8.26. The second-order valence-electron chi connectivity index (χ2n) is 7.45. The van der Waals surface area contributed by atoms with Crippen LogP contribution in [0.4, 0.5) is 5.69 Å². The maximum Gasteiger partial charge on any atom is 0.336 e. The lowest BCUT2D eigenvalue weighted by atomic mass is 9.89. The summed E-state index contributed by atoms with van der Waals surface area (Å²) in [5, 5.41) is 14.3. The molecule has 0 spiro atoms. The Hall–Kier alpha value is -3.60. The number of fused-ring (bicyclic) bond motifs is 2. The van der Waals surface area contributed by atoms with Crippen molar-refractivity contribution in [1.82, 2.24) is 0 Å². The number of hydrogen-bond donors (Lipinski definition) is 2. The fraction of sp³-hybridized carbons (Fsp3) is 0.231. The molecule has 0 fully saturated rings. The van der Waals surface area contributed by atoms with Crippen LogP contribution in [0.2, 0.25) is 0 Å². The molecule has 0 saturated heterocycles. The predicted octanol–water partition coefficient (Wildman–Crippen LogP) is 5.87. The molecule has 0 unspecified atom stereocenters. The van der Waals surface area contributed by atoms with Crippen LogP contribution in [0, 0.1) is 13.8 Å². The minimum atomic E-state index is -1.04. The molecule has 158 valence electrons. The SMILES string of the molecule is [2H]c1c2oc3c([2H])c(NCC)c(C)cc3c(-c3ccccc3C(=O)O)c-2cc(C)c1=NCC. The molecule has 0 saturated carbocycles.